The fourth-order valence-corrected chi connectivity index (χ4v) is 2.28. The third-order valence-corrected chi connectivity index (χ3v) is 3.17. The molecule has 1 N–H and O–H groups in total. The molecule has 0 spiro atoms. The lowest BCUT2D eigenvalue weighted by atomic mass is 10.1. The number of aliphatic hydroxyl groups is 1. The van der Waals surface area contributed by atoms with E-state index >= 15 is 0 Å². The number of aromatic nitrogens is 1. The standard InChI is InChI=1S/C13H20N2O/c1-11(16)12-7-6-8-14-13(12)15-9-4-2-3-5-10-15/h6-8,11,16H,2-5,9-10H2,1H3. The van der Waals surface area contributed by atoms with E-state index in [0.717, 1.165) is 24.5 Å². The van der Waals surface area contributed by atoms with Gasteiger partial charge in [0.1, 0.15) is 5.82 Å². The Bertz CT molecular complexity index is 330. The number of aliphatic hydroxyl groups excluding tert-OH is 1. The molecule has 0 amide bonds. The molecule has 1 saturated heterocycles. The van der Waals surface area contributed by atoms with Crippen molar-refractivity contribution in [2.45, 2.75) is 38.7 Å². The van der Waals surface area contributed by atoms with Crippen LogP contribution in [0.5, 0.6) is 0 Å². The SMILES string of the molecule is CC(O)c1cccnc1N1CCCCCC1. The molecule has 1 unspecified atom stereocenters. The van der Waals surface area contributed by atoms with Gasteiger partial charge in [0.25, 0.3) is 0 Å². The first-order valence-corrected chi connectivity index (χ1v) is 6.17. The van der Waals surface area contributed by atoms with Crippen LogP contribution in [-0.4, -0.2) is 23.2 Å². The minimum Gasteiger partial charge on any atom is -0.389 e. The average Bonchev–Trinajstić information content (AvgIpc) is 2.57. The molecule has 1 aliphatic heterocycles. The fraction of sp³-hybridized carbons (Fsp3) is 0.615. The monoisotopic (exact) mass is 220 g/mol. The van der Waals surface area contributed by atoms with Crippen molar-refractivity contribution in [3.05, 3.63) is 23.9 Å². The summed E-state index contributed by atoms with van der Waals surface area (Å²) in [6.07, 6.45) is 6.46. The molecule has 2 heterocycles. The van der Waals surface area contributed by atoms with Gasteiger partial charge in [0.05, 0.1) is 6.10 Å². The van der Waals surface area contributed by atoms with Crippen LogP contribution < -0.4 is 4.90 Å². The van der Waals surface area contributed by atoms with E-state index in [0.29, 0.717) is 0 Å². The van der Waals surface area contributed by atoms with Gasteiger partial charge in [-0.1, -0.05) is 18.9 Å². The predicted molar refractivity (Wildman–Crippen MR) is 65.6 cm³/mol. The van der Waals surface area contributed by atoms with Gasteiger partial charge >= 0.3 is 0 Å². The molecule has 1 aromatic heterocycles. The molecule has 3 nitrogen and oxygen atoms in total. The van der Waals surface area contributed by atoms with E-state index in [1.54, 1.807) is 6.92 Å². The summed E-state index contributed by atoms with van der Waals surface area (Å²) in [4.78, 5) is 6.75. The third kappa shape index (κ3) is 2.53. The molecule has 0 aromatic carbocycles. The van der Waals surface area contributed by atoms with E-state index in [9.17, 15) is 5.11 Å². The first kappa shape index (κ1) is 11.4. The van der Waals surface area contributed by atoms with Crippen molar-refractivity contribution in [2.75, 3.05) is 18.0 Å². The second kappa shape index (κ2) is 5.30. The van der Waals surface area contributed by atoms with Gasteiger partial charge in [-0.3, -0.25) is 0 Å². The Hall–Kier alpha value is -1.09. The van der Waals surface area contributed by atoms with E-state index < -0.39 is 6.10 Å². The average molecular weight is 220 g/mol. The minimum absolute atomic E-state index is 0.438. The maximum absolute atomic E-state index is 9.74. The van der Waals surface area contributed by atoms with Crippen molar-refractivity contribution in [3.63, 3.8) is 0 Å². The summed E-state index contributed by atoms with van der Waals surface area (Å²) in [5.41, 5.74) is 0.949. The van der Waals surface area contributed by atoms with Gasteiger partial charge in [0.15, 0.2) is 0 Å². The van der Waals surface area contributed by atoms with Gasteiger partial charge in [-0.05, 0) is 25.8 Å². The molecule has 0 saturated carbocycles. The summed E-state index contributed by atoms with van der Waals surface area (Å²) in [5.74, 6) is 0.972. The summed E-state index contributed by atoms with van der Waals surface area (Å²) >= 11 is 0. The second-order valence-electron chi connectivity index (χ2n) is 4.49. The normalized spacial score (nSPS) is 19.2. The smallest absolute Gasteiger partial charge is 0.134 e. The van der Waals surface area contributed by atoms with Crippen LogP contribution in [0.1, 0.15) is 44.3 Å². The Kier molecular flexibility index (Phi) is 3.78. The lowest BCUT2D eigenvalue weighted by molar-refractivity contribution is 0.199. The molecule has 1 aromatic rings. The zero-order valence-electron chi connectivity index (χ0n) is 9.89. The largest absolute Gasteiger partial charge is 0.389 e. The Labute approximate surface area is 97.1 Å². The summed E-state index contributed by atoms with van der Waals surface area (Å²) in [7, 11) is 0. The minimum atomic E-state index is -0.438. The zero-order valence-corrected chi connectivity index (χ0v) is 9.89. The fourth-order valence-electron chi connectivity index (χ4n) is 2.28. The van der Waals surface area contributed by atoms with Crippen LogP contribution in [-0.2, 0) is 0 Å². The van der Waals surface area contributed by atoms with Crippen molar-refractivity contribution < 1.29 is 5.11 Å². The second-order valence-corrected chi connectivity index (χ2v) is 4.49. The molecule has 0 radical (unpaired) electrons. The summed E-state index contributed by atoms with van der Waals surface area (Å²) in [6.45, 7) is 3.94. The highest BCUT2D eigenvalue weighted by atomic mass is 16.3. The Morgan fingerprint density at radius 2 is 1.94 bits per heavy atom. The maximum atomic E-state index is 9.74. The molecule has 1 aliphatic rings. The number of rotatable bonds is 2. The summed E-state index contributed by atoms with van der Waals surface area (Å²) < 4.78 is 0. The van der Waals surface area contributed by atoms with E-state index in [-0.39, 0.29) is 0 Å². The van der Waals surface area contributed by atoms with E-state index in [2.05, 4.69) is 9.88 Å². The number of anilines is 1. The quantitative estimate of drug-likeness (QED) is 0.832. The topological polar surface area (TPSA) is 36.4 Å². The van der Waals surface area contributed by atoms with Crippen LogP contribution >= 0.6 is 0 Å². The number of hydrogen-bond acceptors (Lipinski definition) is 3. The zero-order chi connectivity index (χ0) is 11.4. The van der Waals surface area contributed by atoms with Crippen molar-refractivity contribution in [1.82, 2.24) is 4.98 Å². The summed E-state index contributed by atoms with van der Waals surface area (Å²) in [5, 5.41) is 9.74. The lowest BCUT2D eigenvalue weighted by Gasteiger charge is -2.24. The molecule has 1 atom stereocenters. The van der Waals surface area contributed by atoms with Crippen molar-refractivity contribution >= 4 is 5.82 Å². The van der Waals surface area contributed by atoms with Crippen LogP contribution in [0.2, 0.25) is 0 Å². The van der Waals surface area contributed by atoms with Crippen LogP contribution in [0.3, 0.4) is 0 Å². The number of pyridine rings is 1. The van der Waals surface area contributed by atoms with Crippen molar-refractivity contribution in [1.29, 1.82) is 0 Å². The van der Waals surface area contributed by atoms with E-state index in [1.165, 1.54) is 25.7 Å². The molecular weight excluding hydrogens is 200 g/mol. The van der Waals surface area contributed by atoms with Crippen LogP contribution in [0.4, 0.5) is 5.82 Å². The van der Waals surface area contributed by atoms with Gasteiger partial charge < -0.3 is 10.0 Å². The van der Waals surface area contributed by atoms with Crippen molar-refractivity contribution in [3.8, 4) is 0 Å². The van der Waals surface area contributed by atoms with Crippen LogP contribution in [0.25, 0.3) is 0 Å². The van der Waals surface area contributed by atoms with Crippen LogP contribution in [0, 0.1) is 0 Å². The molecule has 3 heteroatoms. The Balaban J connectivity index is 2.23. The van der Waals surface area contributed by atoms with Gasteiger partial charge in [0.2, 0.25) is 0 Å². The molecule has 16 heavy (non-hydrogen) atoms. The molecule has 0 aliphatic carbocycles. The number of nitrogens with zero attached hydrogens (tertiary/aromatic N) is 2. The van der Waals surface area contributed by atoms with Gasteiger partial charge in [0, 0.05) is 24.8 Å². The first-order chi connectivity index (χ1) is 7.79. The van der Waals surface area contributed by atoms with Crippen LogP contribution in [0.15, 0.2) is 18.3 Å². The van der Waals surface area contributed by atoms with E-state index in [1.807, 2.05) is 18.3 Å². The lowest BCUT2D eigenvalue weighted by Crippen LogP contribution is -2.26. The number of hydrogen-bond donors (Lipinski definition) is 1. The molecule has 0 bridgehead atoms. The Morgan fingerprint density at radius 1 is 1.25 bits per heavy atom. The highest BCUT2D eigenvalue weighted by Crippen LogP contribution is 2.25. The van der Waals surface area contributed by atoms with Gasteiger partial charge in [-0.25, -0.2) is 4.98 Å². The highest BCUT2D eigenvalue weighted by molar-refractivity contribution is 5.47. The first-order valence-electron chi connectivity index (χ1n) is 6.17. The molecular formula is C13H20N2O. The molecule has 2 rings (SSSR count). The maximum Gasteiger partial charge on any atom is 0.134 e. The molecule has 1 fully saturated rings. The van der Waals surface area contributed by atoms with Crippen molar-refractivity contribution in [2.24, 2.45) is 0 Å². The van der Waals surface area contributed by atoms with E-state index in [4.69, 9.17) is 0 Å². The highest BCUT2D eigenvalue weighted by Gasteiger charge is 2.16. The van der Waals surface area contributed by atoms with Gasteiger partial charge in [-0.15, -0.1) is 0 Å². The third-order valence-electron chi connectivity index (χ3n) is 3.17. The molecule has 88 valence electrons. The predicted octanol–water partition coefficient (Wildman–Crippen LogP) is 2.52. The van der Waals surface area contributed by atoms with Gasteiger partial charge in [-0.2, -0.15) is 0 Å². The Morgan fingerprint density at radius 3 is 2.56 bits per heavy atom. The summed E-state index contributed by atoms with van der Waals surface area (Å²) in [6, 6.07) is 3.86.